The Balaban J connectivity index is 1.42. The summed E-state index contributed by atoms with van der Waals surface area (Å²) in [7, 11) is 0. The number of H-pyrrole nitrogens is 2. The smallest absolute Gasteiger partial charge is 0.275 e. The van der Waals surface area contributed by atoms with E-state index in [1.807, 2.05) is 6.20 Å². The fourth-order valence-corrected chi connectivity index (χ4v) is 4.52. The van der Waals surface area contributed by atoms with Crippen molar-refractivity contribution in [3.05, 3.63) is 28.4 Å². The number of hydrogen-bond donors (Lipinski definition) is 3. The minimum Gasteiger partial charge on any atom is -0.391 e. The molecule has 1 aliphatic carbocycles. The Morgan fingerprint density at radius 2 is 2.04 bits per heavy atom. The van der Waals surface area contributed by atoms with Crippen molar-refractivity contribution in [3.8, 4) is 0 Å². The number of aliphatic hydroxyl groups excluding tert-OH is 1. The van der Waals surface area contributed by atoms with E-state index in [4.69, 9.17) is 0 Å². The van der Waals surface area contributed by atoms with Crippen molar-refractivity contribution in [2.24, 2.45) is 11.8 Å². The van der Waals surface area contributed by atoms with Crippen LogP contribution in [0.4, 0.5) is 0 Å². The molecule has 2 aromatic rings. The predicted molar refractivity (Wildman–Crippen MR) is 92.7 cm³/mol. The van der Waals surface area contributed by atoms with Gasteiger partial charge in [-0.3, -0.25) is 9.69 Å². The minimum atomic E-state index is -0.228. The van der Waals surface area contributed by atoms with Crippen molar-refractivity contribution < 1.29 is 5.11 Å². The molecule has 3 N–H and O–H groups in total. The summed E-state index contributed by atoms with van der Waals surface area (Å²) < 4.78 is 0. The summed E-state index contributed by atoms with van der Waals surface area (Å²) in [6.07, 6.45) is 11.0. The highest BCUT2D eigenvalue weighted by Crippen LogP contribution is 2.33. The summed E-state index contributed by atoms with van der Waals surface area (Å²) in [5.74, 6) is 1.18. The topological polar surface area (TPSA) is 85.0 Å². The maximum absolute atomic E-state index is 11.8. The van der Waals surface area contributed by atoms with E-state index < -0.39 is 0 Å². The van der Waals surface area contributed by atoms with Gasteiger partial charge >= 0.3 is 0 Å². The average Bonchev–Trinajstić information content (AvgIpc) is 3.14. The lowest BCUT2D eigenvalue weighted by Crippen LogP contribution is -2.22. The maximum atomic E-state index is 11.8. The summed E-state index contributed by atoms with van der Waals surface area (Å²) in [5.41, 5.74) is 2.17. The number of aliphatic hydroxyl groups is 1. The Labute approximate surface area is 141 Å². The van der Waals surface area contributed by atoms with Gasteiger partial charge in [-0.15, -0.1) is 0 Å². The number of fused-ring (bicyclic) bond motifs is 1. The van der Waals surface area contributed by atoms with Gasteiger partial charge in [0, 0.05) is 31.4 Å². The molecule has 6 nitrogen and oxygen atoms in total. The Bertz CT molecular complexity index is 747. The van der Waals surface area contributed by atoms with Crippen LogP contribution in [-0.4, -0.2) is 44.2 Å². The van der Waals surface area contributed by atoms with Crippen LogP contribution in [0, 0.1) is 11.8 Å². The fraction of sp³-hybridized carbons (Fsp3) is 0.667. The number of β-amino-alcohol motifs (C(OH)–C–C–N with tert-alkyl or cyclic N) is 1. The van der Waals surface area contributed by atoms with Crippen LogP contribution in [0.2, 0.25) is 0 Å². The molecular weight excluding hydrogens is 304 g/mol. The van der Waals surface area contributed by atoms with Gasteiger partial charge in [0.2, 0.25) is 0 Å². The molecule has 0 amide bonds. The van der Waals surface area contributed by atoms with E-state index in [-0.39, 0.29) is 11.7 Å². The summed E-state index contributed by atoms with van der Waals surface area (Å²) >= 11 is 0. The monoisotopic (exact) mass is 330 g/mol. The first-order chi connectivity index (χ1) is 11.7. The molecule has 4 rings (SSSR count). The van der Waals surface area contributed by atoms with Gasteiger partial charge in [-0.2, -0.15) is 0 Å². The van der Waals surface area contributed by atoms with E-state index >= 15 is 0 Å². The van der Waals surface area contributed by atoms with E-state index in [0.29, 0.717) is 18.0 Å². The van der Waals surface area contributed by atoms with E-state index in [2.05, 4.69) is 19.9 Å². The first kappa shape index (κ1) is 15.8. The Morgan fingerprint density at radius 3 is 2.88 bits per heavy atom. The zero-order chi connectivity index (χ0) is 16.5. The van der Waals surface area contributed by atoms with E-state index in [0.717, 1.165) is 36.5 Å². The van der Waals surface area contributed by atoms with Crippen molar-refractivity contribution in [1.29, 1.82) is 0 Å². The van der Waals surface area contributed by atoms with Gasteiger partial charge in [0.25, 0.3) is 5.56 Å². The number of nitrogens with one attached hydrogen (secondary N) is 2. The zero-order valence-electron chi connectivity index (χ0n) is 14.0. The zero-order valence-corrected chi connectivity index (χ0v) is 14.0. The van der Waals surface area contributed by atoms with Crippen molar-refractivity contribution in [2.45, 2.75) is 51.2 Å². The highest BCUT2D eigenvalue weighted by molar-refractivity contribution is 5.77. The Hall–Kier alpha value is -1.66. The van der Waals surface area contributed by atoms with Gasteiger partial charge in [-0.25, -0.2) is 4.98 Å². The van der Waals surface area contributed by atoms with Gasteiger partial charge in [-0.1, -0.05) is 32.1 Å². The normalized spacial score (nSPS) is 26.4. The Kier molecular flexibility index (Phi) is 4.41. The van der Waals surface area contributed by atoms with E-state index in [9.17, 15) is 9.90 Å². The predicted octanol–water partition coefficient (Wildman–Crippen LogP) is 2.01. The third-order valence-electron chi connectivity index (χ3n) is 5.78. The molecule has 0 bridgehead atoms. The van der Waals surface area contributed by atoms with Gasteiger partial charge in [-0.05, 0) is 18.3 Å². The molecule has 2 atom stereocenters. The molecule has 2 unspecified atom stereocenters. The molecule has 0 radical (unpaired) electrons. The second-order valence-electron chi connectivity index (χ2n) is 7.53. The molecule has 6 heteroatoms. The first-order valence-electron chi connectivity index (χ1n) is 9.15. The fourth-order valence-electron chi connectivity index (χ4n) is 4.52. The standard InChI is InChI=1S/C18H26N4O2/c23-15-10-22(8-13(15)6-12-4-2-1-3-5-12)9-14-7-19-17-16(14)20-11-21-18(17)24/h7,11-13,15,19,23H,1-6,8-10H2,(H,20,21,24). The van der Waals surface area contributed by atoms with Crippen molar-refractivity contribution in [1.82, 2.24) is 19.9 Å². The lowest BCUT2D eigenvalue weighted by atomic mass is 9.82. The minimum absolute atomic E-state index is 0.136. The number of aromatic nitrogens is 3. The lowest BCUT2D eigenvalue weighted by Gasteiger charge is -2.25. The van der Waals surface area contributed by atoms with Crippen LogP contribution in [-0.2, 0) is 6.54 Å². The number of aromatic amines is 2. The van der Waals surface area contributed by atoms with Gasteiger partial charge in [0.05, 0.1) is 17.9 Å². The van der Waals surface area contributed by atoms with Crippen LogP contribution in [0.25, 0.3) is 11.0 Å². The molecular formula is C18H26N4O2. The largest absolute Gasteiger partial charge is 0.391 e. The third kappa shape index (κ3) is 3.13. The Morgan fingerprint density at radius 1 is 1.21 bits per heavy atom. The molecule has 2 fully saturated rings. The van der Waals surface area contributed by atoms with Gasteiger partial charge in [0.15, 0.2) is 0 Å². The quantitative estimate of drug-likeness (QED) is 0.800. The van der Waals surface area contributed by atoms with E-state index in [1.54, 1.807) is 0 Å². The van der Waals surface area contributed by atoms with Gasteiger partial charge < -0.3 is 15.1 Å². The van der Waals surface area contributed by atoms with Crippen LogP contribution in [0.3, 0.4) is 0 Å². The maximum Gasteiger partial charge on any atom is 0.275 e. The number of rotatable bonds is 4. The number of hydrogen-bond acceptors (Lipinski definition) is 4. The lowest BCUT2D eigenvalue weighted by molar-refractivity contribution is 0.123. The molecule has 0 aromatic carbocycles. The molecule has 2 aliphatic rings. The van der Waals surface area contributed by atoms with Crippen LogP contribution >= 0.6 is 0 Å². The van der Waals surface area contributed by atoms with Crippen molar-refractivity contribution in [3.63, 3.8) is 0 Å². The molecule has 24 heavy (non-hydrogen) atoms. The second kappa shape index (κ2) is 6.69. The highest BCUT2D eigenvalue weighted by atomic mass is 16.3. The summed E-state index contributed by atoms with van der Waals surface area (Å²) in [4.78, 5) is 24.0. The summed E-state index contributed by atoms with van der Waals surface area (Å²) in [6, 6.07) is 0. The number of likely N-dealkylation sites (tertiary alicyclic amines) is 1. The summed E-state index contributed by atoms with van der Waals surface area (Å²) in [5, 5.41) is 10.5. The number of nitrogens with zero attached hydrogens (tertiary/aromatic N) is 2. The average molecular weight is 330 g/mol. The highest BCUT2D eigenvalue weighted by Gasteiger charge is 2.33. The molecule has 0 spiro atoms. The molecule has 1 saturated carbocycles. The molecule has 1 aliphatic heterocycles. The van der Waals surface area contributed by atoms with Crippen LogP contribution in [0.15, 0.2) is 17.3 Å². The van der Waals surface area contributed by atoms with Gasteiger partial charge in [0.1, 0.15) is 5.52 Å². The van der Waals surface area contributed by atoms with Crippen LogP contribution in [0.1, 0.15) is 44.1 Å². The molecule has 3 heterocycles. The van der Waals surface area contributed by atoms with E-state index in [1.165, 1.54) is 38.4 Å². The molecule has 2 aromatic heterocycles. The molecule has 130 valence electrons. The van der Waals surface area contributed by atoms with Crippen molar-refractivity contribution >= 4 is 11.0 Å². The second-order valence-corrected chi connectivity index (χ2v) is 7.53. The van der Waals surface area contributed by atoms with Crippen LogP contribution < -0.4 is 5.56 Å². The van der Waals surface area contributed by atoms with Crippen LogP contribution in [0.5, 0.6) is 0 Å². The third-order valence-corrected chi connectivity index (χ3v) is 5.78. The first-order valence-corrected chi connectivity index (χ1v) is 9.15. The summed E-state index contributed by atoms with van der Waals surface area (Å²) in [6.45, 7) is 2.38. The molecule has 1 saturated heterocycles. The SMILES string of the molecule is O=c1[nH]cnc2c(CN3CC(O)C(CC4CCCCC4)C3)c[nH]c12. The van der Waals surface area contributed by atoms with Crippen molar-refractivity contribution in [2.75, 3.05) is 13.1 Å².